The molecule has 0 aliphatic carbocycles. The lowest BCUT2D eigenvalue weighted by atomic mass is 9.84. The third-order valence-electron chi connectivity index (χ3n) is 4.84. The summed E-state index contributed by atoms with van der Waals surface area (Å²) in [6.45, 7) is 3.74. The van der Waals surface area contributed by atoms with E-state index >= 15 is 0 Å². The number of nitrogens with one attached hydrogen (secondary N) is 1. The average Bonchev–Trinajstić information content (AvgIpc) is 2.95. The number of hydrogen-bond acceptors (Lipinski definition) is 4. The molecule has 1 atom stereocenters. The number of fused-ring (bicyclic) bond motifs is 3. The monoisotopic (exact) mass is 283 g/mol. The summed E-state index contributed by atoms with van der Waals surface area (Å²) in [5, 5.41) is 11.9. The molecule has 5 heteroatoms. The number of aryl methyl sites for hydroxylation is 1. The van der Waals surface area contributed by atoms with Crippen molar-refractivity contribution >= 4 is 5.69 Å². The number of rotatable bonds is 3. The Kier molecular flexibility index (Phi) is 3.15. The van der Waals surface area contributed by atoms with Crippen molar-refractivity contribution in [1.29, 1.82) is 0 Å². The van der Waals surface area contributed by atoms with Crippen molar-refractivity contribution in [3.8, 4) is 11.4 Å². The highest BCUT2D eigenvalue weighted by Crippen LogP contribution is 2.30. The maximum Gasteiger partial charge on any atom is 0.163 e. The van der Waals surface area contributed by atoms with Gasteiger partial charge in [-0.25, -0.2) is 0 Å². The molecule has 3 saturated heterocycles. The number of aromatic nitrogens is 3. The first-order chi connectivity index (χ1) is 10.3. The van der Waals surface area contributed by atoms with E-state index in [1.807, 2.05) is 11.6 Å². The lowest BCUT2D eigenvalue weighted by molar-refractivity contribution is 0.0975. The van der Waals surface area contributed by atoms with Crippen molar-refractivity contribution in [3.05, 3.63) is 30.6 Å². The highest BCUT2D eigenvalue weighted by molar-refractivity contribution is 5.62. The van der Waals surface area contributed by atoms with Crippen LogP contribution in [0.3, 0.4) is 0 Å². The molecule has 5 rings (SSSR count). The van der Waals surface area contributed by atoms with Crippen molar-refractivity contribution in [3.63, 3.8) is 0 Å². The predicted molar refractivity (Wildman–Crippen MR) is 83.0 cm³/mol. The van der Waals surface area contributed by atoms with Crippen molar-refractivity contribution in [2.75, 3.05) is 25.0 Å². The fourth-order valence-electron chi connectivity index (χ4n) is 3.64. The van der Waals surface area contributed by atoms with Crippen LogP contribution in [0.25, 0.3) is 11.4 Å². The summed E-state index contributed by atoms with van der Waals surface area (Å²) in [6.07, 6.45) is 4.41. The van der Waals surface area contributed by atoms with Gasteiger partial charge in [0.1, 0.15) is 6.33 Å². The fourth-order valence-corrected chi connectivity index (χ4v) is 3.64. The minimum atomic E-state index is 0.585. The molecule has 2 bridgehead atoms. The van der Waals surface area contributed by atoms with E-state index in [0.29, 0.717) is 6.04 Å². The summed E-state index contributed by atoms with van der Waals surface area (Å²) in [6, 6.07) is 9.10. The lowest BCUT2D eigenvalue weighted by Gasteiger charge is -2.45. The smallest absolute Gasteiger partial charge is 0.163 e. The van der Waals surface area contributed by atoms with Crippen LogP contribution in [0.5, 0.6) is 0 Å². The van der Waals surface area contributed by atoms with E-state index in [1.54, 1.807) is 6.33 Å². The normalized spacial score (nSPS) is 27.8. The molecule has 5 nitrogen and oxygen atoms in total. The molecule has 21 heavy (non-hydrogen) atoms. The molecule has 2 aromatic rings. The van der Waals surface area contributed by atoms with Gasteiger partial charge in [-0.15, -0.1) is 10.2 Å². The van der Waals surface area contributed by atoms with E-state index in [2.05, 4.69) is 44.7 Å². The van der Waals surface area contributed by atoms with Crippen LogP contribution in [0.15, 0.2) is 30.6 Å². The van der Waals surface area contributed by atoms with Crippen molar-refractivity contribution < 1.29 is 0 Å². The van der Waals surface area contributed by atoms with Crippen LogP contribution in [-0.4, -0.2) is 45.3 Å². The second-order valence-electron chi connectivity index (χ2n) is 6.24. The first kappa shape index (κ1) is 12.8. The number of nitrogens with zero attached hydrogens (tertiary/aromatic N) is 4. The molecule has 1 N–H and O–H groups in total. The Morgan fingerprint density at radius 2 is 2.10 bits per heavy atom. The van der Waals surface area contributed by atoms with E-state index in [-0.39, 0.29) is 0 Å². The Morgan fingerprint density at radius 1 is 1.24 bits per heavy atom. The van der Waals surface area contributed by atoms with Crippen molar-refractivity contribution in [2.24, 2.45) is 13.0 Å². The van der Waals surface area contributed by atoms with Gasteiger partial charge in [0.05, 0.1) is 0 Å². The van der Waals surface area contributed by atoms with E-state index in [4.69, 9.17) is 0 Å². The van der Waals surface area contributed by atoms with Gasteiger partial charge in [0.2, 0.25) is 0 Å². The van der Waals surface area contributed by atoms with Crippen LogP contribution >= 0.6 is 0 Å². The quantitative estimate of drug-likeness (QED) is 0.936. The topological polar surface area (TPSA) is 46.0 Å². The molecule has 4 heterocycles. The second-order valence-corrected chi connectivity index (χ2v) is 6.24. The second kappa shape index (κ2) is 5.15. The molecule has 0 radical (unpaired) electrons. The first-order valence-corrected chi connectivity index (χ1v) is 7.73. The molecular weight excluding hydrogens is 262 g/mol. The molecule has 3 aliphatic heterocycles. The average molecular weight is 283 g/mol. The third-order valence-corrected chi connectivity index (χ3v) is 4.84. The number of piperidine rings is 3. The van der Waals surface area contributed by atoms with Gasteiger partial charge in [-0.2, -0.15) is 0 Å². The van der Waals surface area contributed by atoms with Crippen LogP contribution in [0, 0.1) is 5.92 Å². The number of anilines is 1. The highest BCUT2D eigenvalue weighted by atomic mass is 15.2. The maximum absolute atomic E-state index is 4.19. The van der Waals surface area contributed by atoms with Gasteiger partial charge in [-0.3, -0.25) is 0 Å². The van der Waals surface area contributed by atoms with Gasteiger partial charge in [0.15, 0.2) is 5.82 Å². The van der Waals surface area contributed by atoms with Gasteiger partial charge in [0.25, 0.3) is 0 Å². The molecule has 1 aromatic heterocycles. The molecular formula is C16H21N5. The van der Waals surface area contributed by atoms with Crippen LogP contribution in [-0.2, 0) is 7.05 Å². The standard InChI is InChI=1S/C16H21N5/c1-20-11-17-19-16(20)13-3-2-4-14(9-13)18-15-10-21-7-5-12(15)6-8-21/h2-4,9,11-12,15,18H,5-8,10H2,1H3. The van der Waals surface area contributed by atoms with Gasteiger partial charge in [-0.1, -0.05) is 12.1 Å². The SMILES string of the molecule is Cn1cnnc1-c1cccc(NC2CN3CCC2CC3)c1. The van der Waals surface area contributed by atoms with Gasteiger partial charge < -0.3 is 14.8 Å². The van der Waals surface area contributed by atoms with Gasteiger partial charge >= 0.3 is 0 Å². The van der Waals surface area contributed by atoms with E-state index in [9.17, 15) is 0 Å². The van der Waals surface area contributed by atoms with Gasteiger partial charge in [0, 0.05) is 30.9 Å². The first-order valence-electron chi connectivity index (χ1n) is 7.73. The Hall–Kier alpha value is -1.88. The van der Waals surface area contributed by atoms with E-state index in [1.165, 1.54) is 38.2 Å². The summed E-state index contributed by atoms with van der Waals surface area (Å²) in [5.41, 5.74) is 2.30. The molecule has 3 fully saturated rings. The Bertz CT molecular complexity index is 627. The van der Waals surface area contributed by atoms with Gasteiger partial charge in [-0.05, 0) is 44.0 Å². The zero-order valence-corrected chi connectivity index (χ0v) is 12.4. The molecule has 0 spiro atoms. The van der Waals surface area contributed by atoms with Crippen LogP contribution in [0.4, 0.5) is 5.69 Å². The van der Waals surface area contributed by atoms with Crippen molar-refractivity contribution in [1.82, 2.24) is 19.7 Å². The Balaban J connectivity index is 1.55. The van der Waals surface area contributed by atoms with Crippen LogP contribution in [0.1, 0.15) is 12.8 Å². The number of hydrogen-bond donors (Lipinski definition) is 1. The highest BCUT2D eigenvalue weighted by Gasteiger charge is 2.33. The molecule has 3 aliphatic rings. The predicted octanol–water partition coefficient (Wildman–Crippen LogP) is 1.99. The molecule has 0 saturated carbocycles. The third kappa shape index (κ3) is 2.42. The molecule has 0 amide bonds. The van der Waals surface area contributed by atoms with Crippen LogP contribution in [0.2, 0.25) is 0 Å². The Morgan fingerprint density at radius 3 is 2.76 bits per heavy atom. The lowest BCUT2D eigenvalue weighted by Crippen LogP contribution is -2.53. The van der Waals surface area contributed by atoms with Crippen LogP contribution < -0.4 is 5.32 Å². The summed E-state index contributed by atoms with van der Waals surface area (Å²) in [7, 11) is 1.98. The summed E-state index contributed by atoms with van der Waals surface area (Å²) in [5.74, 6) is 1.74. The molecule has 1 aromatic carbocycles. The maximum atomic E-state index is 4.19. The fraction of sp³-hybridized carbons (Fsp3) is 0.500. The minimum Gasteiger partial charge on any atom is -0.381 e. The summed E-state index contributed by atoms with van der Waals surface area (Å²) in [4.78, 5) is 2.57. The summed E-state index contributed by atoms with van der Waals surface area (Å²) < 4.78 is 1.95. The Labute approximate surface area is 125 Å². The van der Waals surface area contributed by atoms with Crippen molar-refractivity contribution in [2.45, 2.75) is 18.9 Å². The summed E-state index contributed by atoms with van der Waals surface area (Å²) >= 11 is 0. The zero-order chi connectivity index (χ0) is 14.2. The minimum absolute atomic E-state index is 0.585. The molecule has 110 valence electrons. The van der Waals surface area contributed by atoms with E-state index < -0.39 is 0 Å². The molecule has 1 unspecified atom stereocenters. The zero-order valence-electron chi connectivity index (χ0n) is 12.4. The van der Waals surface area contributed by atoms with E-state index in [0.717, 1.165) is 17.3 Å². The number of benzene rings is 1. The largest absolute Gasteiger partial charge is 0.381 e.